The zero-order valence-corrected chi connectivity index (χ0v) is 20.8. The van der Waals surface area contributed by atoms with Crippen molar-refractivity contribution in [2.45, 2.75) is 32.1 Å². The van der Waals surface area contributed by atoms with Crippen molar-refractivity contribution in [3.05, 3.63) is 53.6 Å². The van der Waals surface area contributed by atoms with Crippen molar-refractivity contribution < 1.29 is 27.2 Å². The van der Waals surface area contributed by atoms with Crippen LogP contribution in [0.2, 0.25) is 0 Å². The Labute approximate surface area is 216 Å². The summed E-state index contributed by atoms with van der Waals surface area (Å²) in [5.41, 5.74) is -0.594. The smallest absolute Gasteiger partial charge is 0.367 e. The third-order valence-electron chi connectivity index (χ3n) is 6.80. The normalized spacial score (nSPS) is 22.2. The van der Waals surface area contributed by atoms with Gasteiger partial charge in [0, 0.05) is 49.2 Å². The van der Waals surface area contributed by atoms with Crippen molar-refractivity contribution in [3.8, 4) is 17.2 Å². The van der Waals surface area contributed by atoms with Crippen LogP contribution in [0.4, 0.5) is 28.9 Å². The molecule has 1 saturated heterocycles. The summed E-state index contributed by atoms with van der Waals surface area (Å²) in [7, 11) is 1.96. The van der Waals surface area contributed by atoms with E-state index in [2.05, 4.69) is 20.2 Å². The van der Waals surface area contributed by atoms with E-state index in [1.54, 1.807) is 0 Å². The number of pyridine rings is 1. The van der Waals surface area contributed by atoms with Crippen LogP contribution in [0.5, 0.6) is 0 Å². The number of alkyl halides is 3. The summed E-state index contributed by atoms with van der Waals surface area (Å²) in [4.78, 5) is 35.9. The quantitative estimate of drug-likeness (QED) is 0.604. The van der Waals surface area contributed by atoms with Crippen LogP contribution in [0, 0.1) is 23.1 Å². The second-order valence-corrected chi connectivity index (χ2v) is 9.34. The minimum absolute atomic E-state index is 0.0252. The first-order valence-electron chi connectivity index (χ1n) is 11.7. The summed E-state index contributed by atoms with van der Waals surface area (Å²) in [6.45, 7) is 4.93. The molecule has 198 valence electrons. The lowest BCUT2D eigenvalue weighted by Gasteiger charge is -2.44. The Morgan fingerprint density at radius 1 is 1.18 bits per heavy atom. The molecule has 0 radical (unpaired) electrons. The van der Waals surface area contributed by atoms with E-state index in [0.29, 0.717) is 36.6 Å². The van der Waals surface area contributed by atoms with Crippen LogP contribution in [-0.4, -0.2) is 66.3 Å². The molecule has 0 spiro atoms. The molecule has 1 aromatic heterocycles. The Bertz CT molecular complexity index is 1370. The number of anilines is 2. The molecule has 2 amide bonds. The maximum atomic E-state index is 15.5. The van der Waals surface area contributed by atoms with Crippen molar-refractivity contribution in [3.63, 3.8) is 0 Å². The Morgan fingerprint density at radius 3 is 2.50 bits per heavy atom. The van der Waals surface area contributed by atoms with E-state index in [4.69, 9.17) is 0 Å². The molecule has 2 aliphatic heterocycles. The maximum Gasteiger partial charge on any atom is 0.414 e. The summed E-state index contributed by atoms with van der Waals surface area (Å²) in [5.74, 6) is -4.71. The van der Waals surface area contributed by atoms with E-state index in [1.165, 1.54) is 30.5 Å². The first-order chi connectivity index (χ1) is 17.9. The third kappa shape index (κ3) is 5.43. The van der Waals surface area contributed by atoms with Crippen LogP contribution in [-0.2, 0) is 9.59 Å². The average molecular weight is 529 g/mol. The Morgan fingerprint density at radius 2 is 1.87 bits per heavy atom. The number of halogens is 4. The number of piperazine rings is 1. The van der Waals surface area contributed by atoms with Gasteiger partial charge in [-0.15, -0.1) is 0 Å². The number of benzene rings is 1. The van der Waals surface area contributed by atoms with Gasteiger partial charge in [0.25, 0.3) is 5.91 Å². The number of aliphatic imine (C=N–C) groups is 1. The largest absolute Gasteiger partial charge is 0.414 e. The van der Waals surface area contributed by atoms with Crippen LogP contribution >= 0.6 is 0 Å². The second kappa shape index (κ2) is 10.3. The zero-order valence-electron chi connectivity index (χ0n) is 20.8. The summed E-state index contributed by atoms with van der Waals surface area (Å²) in [6.07, 6.45) is -2.65. The molecule has 38 heavy (non-hydrogen) atoms. The van der Waals surface area contributed by atoms with Gasteiger partial charge in [-0.05, 0) is 50.7 Å². The lowest BCUT2D eigenvalue weighted by Crippen LogP contribution is -2.55. The maximum absolute atomic E-state index is 15.5. The Hall–Kier alpha value is -4.11. The Balaban J connectivity index is 1.79. The van der Waals surface area contributed by atoms with Crippen LogP contribution in [0.15, 0.2) is 47.1 Å². The van der Waals surface area contributed by atoms with Gasteiger partial charge in [0.05, 0.1) is 16.9 Å². The van der Waals surface area contributed by atoms with Gasteiger partial charge < -0.3 is 10.2 Å². The highest BCUT2D eigenvalue weighted by Gasteiger charge is 2.43. The van der Waals surface area contributed by atoms with E-state index < -0.39 is 35.3 Å². The molecule has 1 unspecified atom stereocenters. The number of dihydropyridines is 1. The van der Waals surface area contributed by atoms with Crippen molar-refractivity contribution in [1.29, 1.82) is 5.26 Å². The van der Waals surface area contributed by atoms with Crippen molar-refractivity contribution >= 4 is 29.4 Å². The first-order valence-corrected chi connectivity index (χ1v) is 11.7. The number of nitrogens with one attached hydrogen (secondary N) is 1. The fourth-order valence-electron chi connectivity index (χ4n) is 4.57. The summed E-state index contributed by atoms with van der Waals surface area (Å²) < 4.78 is 56.3. The van der Waals surface area contributed by atoms with Gasteiger partial charge >= 0.3 is 6.18 Å². The molecule has 4 rings (SSSR count). The Kier molecular flexibility index (Phi) is 7.33. The number of hydrogen-bond acceptors (Lipinski definition) is 6. The third-order valence-corrected chi connectivity index (χ3v) is 6.80. The summed E-state index contributed by atoms with van der Waals surface area (Å²) in [6, 6.07) is 7.41. The zero-order chi connectivity index (χ0) is 27.8. The predicted octanol–water partition coefficient (Wildman–Crippen LogP) is 3.94. The monoisotopic (exact) mass is 528 g/mol. The summed E-state index contributed by atoms with van der Waals surface area (Å²) >= 11 is 0. The molecule has 1 aromatic carbocycles. The van der Waals surface area contributed by atoms with Gasteiger partial charge in [-0.3, -0.25) is 14.5 Å². The van der Waals surface area contributed by atoms with E-state index in [9.17, 15) is 28.0 Å². The number of carbonyl (C=O) groups is 2. The van der Waals surface area contributed by atoms with E-state index in [0.717, 1.165) is 0 Å². The average Bonchev–Trinajstić information content (AvgIpc) is 2.87. The lowest BCUT2D eigenvalue weighted by molar-refractivity contribution is -0.124. The van der Waals surface area contributed by atoms with Gasteiger partial charge in [0.1, 0.15) is 23.5 Å². The van der Waals surface area contributed by atoms with Crippen LogP contribution in [0.3, 0.4) is 0 Å². The molecule has 12 heteroatoms. The minimum Gasteiger partial charge on any atom is -0.367 e. The molecule has 1 fully saturated rings. The van der Waals surface area contributed by atoms with Gasteiger partial charge in [0.15, 0.2) is 0 Å². The number of amides is 2. The molecule has 2 aliphatic rings. The number of rotatable bonds is 4. The predicted molar refractivity (Wildman–Crippen MR) is 133 cm³/mol. The minimum atomic E-state index is -4.94. The molecule has 0 saturated carbocycles. The second-order valence-electron chi connectivity index (χ2n) is 9.34. The fourth-order valence-corrected chi connectivity index (χ4v) is 4.57. The number of hydrogen-bond donors (Lipinski definition) is 1. The molecule has 2 aromatic rings. The topological polar surface area (TPSA) is 102 Å². The number of likely N-dealkylation sites (N-methyl/N-ethyl adjacent to an activating group) is 1. The molecule has 0 aliphatic carbocycles. The van der Waals surface area contributed by atoms with Gasteiger partial charge in [-0.1, -0.05) is 0 Å². The SMILES string of the molecule is C[C@@H]1CN(c2cc(F)c(-c3ccnc(C#N)c3)cc2NC(=O)C2C=NC(=O)C=C2C(F)(F)F)C[C@H](C)N1C. The molecule has 1 N–H and O–H groups in total. The van der Waals surface area contributed by atoms with Crippen molar-refractivity contribution in [2.24, 2.45) is 10.9 Å². The number of aromatic nitrogens is 1. The summed E-state index contributed by atoms with van der Waals surface area (Å²) in [5, 5.41) is 11.7. The molecule has 3 heterocycles. The highest BCUT2D eigenvalue weighted by Crippen LogP contribution is 2.38. The first kappa shape index (κ1) is 26.9. The van der Waals surface area contributed by atoms with Crippen LogP contribution < -0.4 is 10.2 Å². The van der Waals surface area contributed by atoms with Crippen molar-refractivity contribution in [2.75, 3.05) is 30.4 Å². The molecule has 8 nitrogen and oxygen atoms in total. The van der Waals surface area contributed by atoms with E-state index >= 15 is 4.39 Å². The highest BCUT2D eigenvalue weighted by atomic mass is 19.4. The van der Waals surface area contributed by atoms with Gasteiger partial charge in [-0.2, -0.15) is 18.4 Å². The van der Waals surface area contributed by atoms with E-state index in [1.807, 2.05) is 31.9 Å². The van der Waals surface area contributed by atoms with Gasteiger partial charge in [0.2, 0.25) is 5.91 Å². The van der Waals surface area contributed by atoms with Crippen LogP contribution in [0.1, 0.15) is 19.5 Å². The number of nitrogens with zero attached hydrogens (tertiary/aromatic N) is 5. The number of nitriles is 1. The lowest BCUT2D eigenvalue weighted by atomic mass is 9.95. The standard InChI is InChI=1S/C26H24F4N6O2/c1-14-12-36(13-15(2)35(14)3)23-9-21(27)18(16-4-5-32-17(6-16)10-31)7-22(23)34-25(38)19-11-33-24(37)8-20(19)26(28,29)30/h4-9,11,14-15,19H,12-13H2,1-3H3,(H,34,38)/t14-,15+,19?. The van der Waals surface area contributed by atoms with Crippen molar-refractivity contribution in [1.82, 2.24) is 9.88 Å². The van der Waals surface area contributed by atoms with Crippen LogP contribution in [0.25, 0.3) is 11.1 Å². The highest BCUT2D eigenvalue weighted by molar-refractivity contribution is 6.11. The molecular formula is C26H24F4N6O2. The number of carbonyl (C=O) groups excluding carboxylic acids is 2. The molecule has 3 atom stereocenters. The molecule has 0 bridgehead atoms. The van der Waals surface area contributed by atoms with E-state index in [-0.39, 0.29) is 29.0 Å². The fraction of sp³-hybridized carbons (Fsp3) is 0.346. The van der Waals surface area contributed by atoms with Gasteiger partial charge in [-0.25, -0.2) is 14.4 Å². The molecular weight excluding hydrogens is 504 g/mol.